The van der Waals surface area contributed by atoms with Crippen LogP contribution in [0.5, 0.6) is 0 Å². The lowest BCUT2D eigenvalue weighted by molar-refractivity contribution is -0.149. The first kappa shape index (κ1) is 17.5. The number of esters is 1. The molecule has 1 aliphatic carbocycles. The van der Waals surface area contributed by atoms with Crippen molar-refractivity contribution in [3.8, 4) is 0 Å². The Balaban J connectivity index is 2.46. The average Bonchev–Trinajstić information content (AvgIpc) is 2.90. The summed E-state index contributed by atoms with van der Waals surface area (Å²) in [6.07, 6.45) is 4.76. The molecule has 6 nitrogen and oxygen atoms in total. The molecular weight excluding hydrogens is 274 g/mol. The SMILES string of the molecule is CCOC(=O)[C@H](C)C[C@@H](NC(=O)CC1CCCC1)C(=O)O. The van der Waals surface area contributed by atoms with Gasteiger partial charge in [0.1, 0.15) is 6.04 Å². The summed E-state index contributed by atoms with van der Waals surface area (Å²) in [5, 5.41) is 11.7. The van der Waals surface area contributed by atoms with Crippen molar-refractivity contribution >= 4 is 17.8 Å². The van der Waals surface area contributed by atoms with E-state index in [4.69, 9.17) is 4.74 Å². The molecule has 0 radical (unpaired) electrons. The number of carbonyl (C=O) groups is 3. The number of nitrogens with one attached hydrogen (secondary N) is 1. The van der Waals surface area contributed by atoms with Crippen LogP contribution in [0.4, 0.5) is 0 Å². The highest BCUT2D eigenvalue weighted by Crippen LogP contribution is 2.27. The zero-order valence-corrected chi connectivity index (χ0v) is 12.8. The Hall–Kier alpha value is -1.59. The zero-order chi connectivity index (χ0) is 15.8. The minimum absolute atomic E-state index is 0.0462. The third kappa shape index (κ3) is 6.14. The second-order valence-electron chi connectivity index (χ2n) is 5.70. The highest BCUT2D eigenvalue weighted by Gasteiger charge is 2.27. The summed E-state index contributed by atoms with van der Waals surface area (Å²) in [5.41, 5.74) is 0. The van der Waals surface area contributed by atoms with Gasteiger partial charge in [-0.05, 0) is 32.1 Å². The van der Waals surface area contributed by atoms with Gasteiger partial charge < -0.3 is 15.2 Å². The van der Waals surface area contributed by atoms with Crippen LogP contribution in [-0.4, -0.2) is 35.6 Å². The zero-order valence-electron chi connectivity index (χ0n) is 12.8. The van der Waals surface area contributed by atoms with Gasteiger partial charge in [0.15, 0.2) is 0 Å². The first-order valence-electron chi connectivity index (χ1n) is 7.62. The van der Waals surface area contributed by atoms with Crippen LogP contribution in [0, 0.1) is 11.8 Å². The Morgan fingerprint density at radius 3 is 2.43 bits per heavy atom. The maximum atomic E-state index is 11.9. The molecule has 0 saturated heterocycles. The van der Waals surface area contributed by atoms with Crippen LogP contribution in [0.2, 0.25) is 0 Å². The molecule has 0 aromatic heterocycles. The van der Waals surface area contributed by atoms with E-state index in [-0.39, 0.29) is 18.9 Å². The lowest BCUT2D eigenvalue weighted by Crippen LogP contribution is -2.43. The van der Waals surface area contributed by atoms with E-state index in [1.165, 1.54) is 0 Å². The van der Waals surface area contributed by atoms with Crippen molar-refractivity contribution in [1.82, 2.24) is 5.32 Å². The Kier molecular flexibility index (Phi) is 7.19. The van der Waals surface area contributed by atoms with Gasteiger partial charge in [0.05, 0.1) is 12.5 Å². The highest BCUT2D eigenvalue weighted by atomic mass is 16.5. The van der Waals surface area contributed by atoms with Gasteiger partial charge in [-0.15, -0.1) is 0 Å². The fourth-order valence-corrected chi connectivity index (χ4v) is 2.69. The van der Waals surface area contributed by atoms with Crippen molar-refractivity contribution in [1.29, 1.82) is 0 Å². The molecule has 1 rings (SSSR count). The Morgan fingerprint density at radius 1 is 1.29 bits per heavy atom. The van der Waals surface area contributed by atoms with E-state index >= 15 is 0 Å². The molecule has 0 spiro atoms. The van der Waals surface area contributed by atoms with Crippen LogP contribution >= 0.6 is 0 Å². The smallest absolute Gasteiger partial charge is 0.326 e. The molecule has 0 bridgehead atoms. The van der Waals surface area contributed by atoms with E-state index in [0.717, 1.165) is 25.7 Å². The first-order valence-corrected chi connectivity index (χ1v) is 7.62. The van der Waals surface area contributed by atoms with Crippen molar-refractivity contribution in [2.75, 3.05) is 6.61 Å². The second-order valence-corrected chi connectivity index (χ2v) is 5.70. The van der Waals surface area contributed by atoms with Gasteiger partial charge >= 0.3 is 11.9 Å². The minimum Gasteiger partial charge on any atom is -0.480 e. The van der Waals surface area contributed by atoms with E-state index in [0.29, 0.717) is 12.3 Å². The van der Waals surface area contributed by atoms with Crippen LogP contribution in [-0.2, 0) is 19.1 Å². The van der Waals surface area contributed by atoms with Crippen LogP contribution in [0.1, 0.15) is 52.4 Å². The molecular formula is C15H25NO5. The predicted octanol–water partition coefficient (Wildman–Crippen LogP) is 1.73. The van der Waals surface area contributed by atoms with Crippen molar-refractivity contribution in [3.63, 3.8) is 0 Å². The topological polar surface area (TPSA) is 92.7 Å². The van der Waals surface area contributed by atoms with Gasteiger partial charge in [0, 0.05) is 6.42 Å². The average molecular weight is 299 g/mol. The van der Waals surface area contributed by atoms with Crippen molar-refractivity contribution in [3.05, 3.63) is 0 Å². The molecule has 0 aromatic rings. The summed E-state index contributed by atoms with van der Waals surface area (Å²) in [7, 11) is 0. The third-order valence-electron chi connectivity index (χ3n) is 3.86. The number of amides is 1. The van der Waals surface area contributed by atoms with Crippen molar-refractivity contribution in [2.45, 2.75) is 58.4 Å². The van der Waals surface area contributed by atoms with Crippen molar-refractivity contribution in [2.24, 2.45) is 11.8 Å². The summed E-state index contributed by atoms with van der Waals surface area (Å²) >= 11 is 0. The van der Waals surface area contributed by atoms with Gasteiger partial charge in [-0.1, -0.05) is 19.8 Å². The Labute approximate surface area is 125 Å². The van der Waals surface area contributed by atoms with Crippen LogP contribution in [0.15, 0.2) is 0 Å². The van der Waals surface area contributed by atoms with E-state index in [1.807, 2.05) is 0 Å². The van der Waals surface area contributed by atoms with Crippen LogP contribution in [0.3, 0.4) is 0 Å². The van der Waals surface area contributed by atoms with Crippen molar-refractivity contribution < 1.29 is 24.2 Å². The first-order chi connectivity index (χ1) is 9.93. The normalized spacial score (nSPS) is 18.0. The molecule has 120 valence electrons. The Bertz CT molecular complexity index is 376. The quantitative estimate of drug-likeness (QED) is 0.666. The number of carboxylic acids is 1. The lowest BCUT2D eigenvalue weighted by atomic mass is 10.00. The minimum atomic E-state index is -1.12. The summed E-state index contributed by atoms with van der Waals surface area (Å²) < 4.78 is 4.85. The molecule has 6 heteroatoms. The third-order valence-corrected chi connectivity index (χ3v) is 3.86. The van der Waals surface area contributed by atoms with E-state index in [2.05, 4.69) is 5.32 Å². The maximum absolute atomic E-state index is 11.9. The number of hydrogen-bond acceptors (Lipinski definition) is 4. The molecule has 1 fully saturated rings. The number of aliphatic carboxylic acids is 1. The Morgan fingerprint density at radius 2 is 1.90 bits per heavy atom. The fraction of sp³-hybridized carbons (Fsp3) is 0.800. The van der Waals surface area contributed by atoms with Gasteiger partial charge in [0.25, 0.3) is 0 Å². The highest BCUT2D eigenvalue weighted by molar-refractivity contribution is 5.84. The monoisotopic (exact) mass is 299 g/mol. The molecule has 0 heterocycles. The fourth-order valence-electron chi connectivity index (χ4n) is 2.69. The van der Waals surface area contributed by atoms with E-state index in [1.54, 1.807) is 13.8 Å². The van der Waals surface area contributed by atoms with Gasteiger partial charge in [-0.25, -0.2) is 4.79 Å². The molecule has 1 amide bonds. The molecule has 0 aromatic carbocycles. The van der Waals surface area contributed by atoms with Crippen LogP contribution < -0.4 is 5.32 Å². The van der Waals surface area contributed by atoms with E-state index < -0.39 is 23.9 Å². The number of carbonyl (C=O) groups excluding carboxylic acids is 2. The number of carboxylic acid groups (broad SMARTS) is 1. The number of hydrogen-bond donors (Lipinski definition) is 2. The van der Waals surface area contributed by atoms with E-state index in [9.17, 15) is 19.5 Å². The molecule has 0 aliphatic heterocycles. The molecule has 2 N–H and O–H groups in total. The standard InChI is InChI=1S/C15H25NO5/c1-3-21-15(20)10(2)8-12(14(18)19)16-13(17)9-11-6-4-5-7-11/h10-12H,3-9H2,1-2H3,(H,16,17)(H,18,19)/t10-,12-/m1/s1. The predicted molar refractivity (Wildman–Crippen MR) is 76.6 cm³/mol. The molecule has 1 saturated carbocycles. The molecule has 0 unspecified atom stereocenters. The molecule has 1 aliphatic rings. The van der Waals surface area contributed by atoms with Crippen LogP contribution in [0.25, 0.3) is 0 Å². The number of rotatable bonds is 8. The maximum Gasteiger partial charge on any atom is 0.326 e. The lowest BCUT2D eigenvalue weighted by Gasteiger charge is -2.19. The van der Waals surface area contributed by atoms with Gasteiger partial charge in [-0.3, -0.25) is 9.59 Å². The van der Waals surface area contributed by atoms with Gasteiger partial charge in [0.2, 0.25) is 5.91 Å². The molecule has 2 atom stereocenters. The summed E-state index contributed by atoms with van der Waals surface area (Å²) in [6, 6.07) is -1.04. The summed E-state index contributed by atoms with van der Waals surface area (Å²) in [4.78, 5) is 34.7. The summed E-state index contributed by atoms with van der Waals surface area (Å²) in [6.45, 7) is 3.56. The number of ether oxygens (including phenoxy) is 1. The second kappa shape index (κ2) is 8.64. The molecule has 21 heavy (non-hydrogen) atoms. The summed E-state index contributed by atoms with van der Waals surface area (Å²) in [5.74, 6) is -2.00. The van der Waals surface area contributed by atoms with Gasteiger partial charge in [-0.2, -0.15) is 0 Å². The largest absolute Gasteiger partial charge is 0.480 e.